The van der Waals surface area contributed by atoms with E-state index in [-0.39, 0.29) is 12.4 Å². The van der Waals surface area contributed by atoms with Crippen molar-refractivity contribution in [2.24, 2.45) is 7.05 Å². The van der Waals surface area contributed by atoms with Gasteiger partial charge in [0.15, 0.2) is 6.61 Å². The summed E-state index contributed by atoms with van der Waals surface area (Å²) in [7, 11) is 1.86. The average Bonchev–Trinajstić information content (AvgIpc) is 2.82. The molecule has 0 saturated carbocycles. The number of carbonyl (C=O) groups is 1. The summed E-state index contributed by atoms with van der Waals surface area (Å²) in [4.78, 5) is 12.0. The molecule has 2 rings (SSSR count). The second-order valence-electron chi connectivity index (χ2n) is 4.91. The van der Waals surface area contributed by atoms with Crippen molar-refractivity contribution >= 4 is 5.78 Å². The van der Waals surface area contributed by atoms with E-state index in [9.17, 15) is 4.79 Å². The van der Waals surface area contributed by atoms with Gasteiger partial charge in [-0.2, -0.15) is 0 Å². The maximum atomic E-state index is 12.0. The van der Waals surface area contributed by atoms with Crippen molar-refractivity contribution < 1.29 is 9.53 Å². The minimum Gasteiger partial charge on any atom is -0.485 e. The van der Waals surface area contributed by atoms with Crippen LogP contribution in [0.5, 0.6) is 5.75 Å². The Hall–Kier alpha value is -2.03. The van der Waals surface area contributed by atoms with Crippen molar-refractivity contribution in [2.45, 2.75) is 19.8 Å². The van der Waals surface area contributed by atoms with Crippen LogP contribution in [0, 0.1) is 0 Å². The summed E-state index contributed by atoms with van der Waals surface area (Å²) in [6, 6.07) is 11.5. The van der Waals surface area contributed by atoms with Crippen molar-refractivity contribution in [3.05, 3.63) is 53.9 Å². The van der Waals surface area contributed by atoms with Gasteiger partial charge in [-0.15, -0.1) is 0 Å². The largest absolute Gasteiger partial charge is 0.485 e. The molecule has 100 valence electrons. The highest BCUT2D eigenvalue weighted by molar-refractivity contribution is 5.95. The van der Waals surface area contributed by atoms with Gasteiger partial charge in [0, 0.05) is 13.2 Å². The second kappa shape index (κ2) is 5.74. The minimum atomic E-state index is -0.00828. The molecule has 0 fully saturated rings. The third kappa shape index (κ3) is 3.05. The van der Waals surface area contributed by atoms with E-state index in [1.54, 1.807) is 10.6 Å². The van der Waals surface area contributed by atoms with Crippen molar-refractivity contribution in [1.82, 2.24) is 4.57 Å². The standard InChI is InChI=1S/C16H19NO2/c1-12(2)13-7-4-5-9-16(13)19-11-15(18)14-8-6-10-17(14)3/h4-10,12H,11H2,1-3H3. The highest BCUT2D eigenvalue weighted by atomic mass is 16.5. The van der Waals surface area contributed by atoms with Crippen LogP contribution in [0.2, 0.25) is 0 Å². The fourth-order valence-electron chi connectivity index (χ4n) is 2.06. The number of ketones is 1. The van der Waals surface area contributed by atoms with Crippen LogP contribution in [-0.2, 0) is 7.05 Å². The zero-order chi connectivity index (χ0) is 13.8. The van der Waals surface area contributed by atoms with Gasteiger partial charge in [-0.05, 0) is 29.7 Å². The zero-order valence-electron chi connectivity index (χ0n) is 11.6. The lowest BCUT2D eigenvalue weighted by atomic mass is 10.0. The van der Waals surface area contributed by atoms with E-state index in [4.69, 9.17) is 4.74 Å². The van der Waals surface area contributed by atoms with Crippen LogP contribution in [-0.4, -0.2) is 17.0 Å². The molecule has 1 aromatic heterocycles. The Bertz CT molecular complexity index is 570. The summed E-state index contributed by atoms with van der Waals surface area (Å²) < 4.78 is 7.48. The molecule has 3 nitrogen and oxygen atoms in total. The van der Waals surface area contributed by atoms with Crippen LogP contribution in [0.25, 0.3) is 0 Å². The lowest BCUT2D eigenvalue weighted by Gasteiger charge is -2.13. The molecular weight excluding hydrogens is 238 g/mol. The summed E-state index contributed by atoms with van der Waals surface area (Å²) in [5, 5.41) is 0. The van der Waals surface area contributed by atoms with Gasteiger partial charge < -0.3 is 9.30 Å². The molecule has 0 amide bonds. The van der Waals surface area contributed by atoms with E-state index in [1.165, 1.54) is 0 Å². The van der Waals surface area contributed by atoms with Crippen LogP contribution >= 0.6 is 0 Å². The highest BCUT2D eigenvalue weighted by Gasteiger charge is 2.12. The van der Waals surface area contributed by atoms with Gasteiger partial charge in [0.25, 0.3) is 0 Å². The van der Waals surface area contributed by atoms with Crippen molar-refractivity contribution in [1.29, 1.82) is 0 Å². The number of benzene rings is 1. The van der Waals surface area contributed by atoms with Gasteiger partial charge in [0.05, 0.1) is 5.69 Å². The van der Waals surface area contributed by atoms with E-state index in [1.807, 2.05) is 43.6 Å². The maximum absolute atomic E-state index is 12.0. The number of aromatic nitrogens is 1. The van der Waals surface area contributed by atoms with Gasteiger partial charge in [-0.3, -0.25) is 4.79 Å². The monoisotopic (exact) mass is 257 g/mol. The minimum absolute atomic E-state index is 0.00828. The Kier molecular flexibility index (Phi) is 4.05. The first kappa shape index (κ1) is 13.4. The molecule has 0 aliphatic carbocycles. The number of hydrogen-bond acceptors (Lipinski definition) is 2. The molecule has 19 heavy (non-hydrogen) atoms. The molecule has 0 radical (unpaired) electrons. The molecule has 0 bridgehead atoms. The van der Waals surface area contributed by atoms with Crippen molar-refractivity contribution in [2.75, 3.05) is 6.61 Å². The summed E-state index contributed by atoms with van der Waals surface area (Å²) in [6.07, 6.45) is 1.86. The molecule has 0 aliphatic heterocycles. The third-order valence-corrected chi connectivity index (χ3v) is 3.13. The predicted molar refractivity (Wildman–Crippen MR) is 75.8 cm³/mol. The summed E-state index contributed by atoms with van der Waals surface area (Å²) in [6.45, 7) is 4.30. The third-order valence-electron chi connectivity index (χ3n) is 3.13. The maximum Gasteiger partial charge on any atom is 0.216 e. The van der Waals surface area contributed by atoms with Crippen molar-refractivity contribution in [3.63, 3.8) is 0 Å². The van der Waals surface area contributed by atoms with E-state index in [2.05, 4.69) is 13.8 Å². The number of nitrogens with zero attached hydrogens (tertiary/aromatic N) is 1. The van der Waals surface area contributed by atoms with Crippen LogP contribution in [0.4, 0.5) is 0 Å². The van der Waals surface area contributed by atoms with Crippen LogP contribution in [0.1, 0.15) is 35.8 Å². The second-order valence-corrected chi connectivity index (χ2v) is 4.91. The van der Waals surface area contributed by atoms with Crippen LogP contribution in [0.3, 0.4) is 0 Å². The number of ether oxygens (including phenoxy) is 1. The number of carbonyl (C=O) groups excluding carboxylic acids is 1. The number of aryl methyl sites for hydroxylation is 1. The van der Waals surface area contributed by atoms with Gasteiger partial charge >= 0.3 is 0 Å². The van der Waals surface area contributed by atoms with Gasteiger partial charge in [0.1, 0.15) is 5.75 Å². The Morgan fingerprint density at radius 1 is 1.21 bits per heavy atom. The van der Waals surface area contributed by atoms with Crippen LogP contribution < -0.4 is 4.74 Å². The fourth-order valence-corrected chi connectivity index (χ4v) is 2.06. The Morgan fingerprint density at radius 3 is 2.58 bits per heavy atom. The molecule has 1 heterocycles. The van der Waals surface area contributed by atoms with Crippen LogP contribution in [0.15, 0.2) is 42.6 Å². The molecule has 0 saturated heterocycles. The van der Waals surface area contributed by atoms with Gasteiger partial charge in [-0.1, -0.05) is 32.0 Å². The number of rotatable bonds is 5. The fraction of sp³-hybridized carbons (Fsp3) is 0.312. The molecule has 1 aromatic carbocycles. The first-order chi connectivity index (χ1) is 9.09. The molecule has 0 aliphatic rings. The Labute approximate surface area is 113 Å². The van der Waals surface area contributed by atoms with Gasteiger partial charge in [-0.25, -0.2) is 0 Å². The molecule has 0 N–H and O–H groups in total. The van der Waals surface area contributed by atoms with Crippen molar-refractivity contribution in [3.8, 4) is 5.75 Å². The average molecular weight is 257 g/mol. The topological polar surface area (TPSA) is 31.2 Å². The summed E-state index contributed by atoms with van der Waals surface area (Å²) >= 11 is 0. The molecular formula is C16H19NO2. The normalized spacial score (nSPS) is 10.7. The van der Waals surface area contributed by atoms with Gasteiger partial charge in [0.2, 0.25) is 5.78 Å². The molecule has 0 unspecified atom stereocenters. The smallest absolute Gasteiger partial charge is 0.216 e. The Morgan fingerprint density at radius 2 is 1.95 bits per heavy atom. The number of para-hydroxylation sites is 1. The van der Waals surface area contributed by atoms with E-state index < -0.39 is 0 Å². The zero-order valence-corrected chi connectivity index (χ0v) is 11.6. The van der Waals surface area contributed by atoms with E-state index >= 15 is 0 Å². The number of Topliss-reactive ketones (excluding diaryl/α,β-unsaturated/α-hetero) is 1. The molecule has 2 aromatic rings. The molecule has 0 spiro atoms. The first-order valence-electron chi connectivity index (χ1n) is 6.46. The highest BCUT2D eigenvalue weighted by Crippen LogP contribution is 2.25. The van der Waals surface area contributed by atoms with E-state index in [0.717, 1.165) is 11.3 Å². The van der Waals surface area contributed by atoms with E-state index in [0.29, 0.717) is 11.6 Å². The quantitative estimate of drug-likeness (QED) is 0.769. The summed E-state index contributed by atoms with van der Waals surface area (Å²) in [5.74, 6) is 1.16. The molecule has 0 atom stereocenters. The lowest BCUT2D eigenvalue weighted by Crippen LogP contribution is -2.15. The molecule has 3 heteroatoms. The SMILES string of the molecule is CC(C)c1ccccc1OCC(=O)c1cccn1C. The summed E-state index contributed by atoms with van der Waals surface area (Å²) in [5.41, 5.74) is 1.80. The first-order valence-corrected chi connectivity index (χ1v) is 6.46. The lowest BCUT2D eigenvalue weighted by molar-refractivity contribution is 0.0912. The predicted octanol–water partition coefficient (Wildman–Crippen LogP) is 3.41. The Balaban J connectivity index is 2.07. The number of hydrogen-bond donors (Lipinski definition) is 0.